The lowest BCUT2D eigenvalue weighted by Gasteiger charge is -2.15. The van der Waals surface area contributed by atoms with Gasteiger partial charge in [0, 0.05) is 24.8 Å². The predicted molar refractivity (Wildman–Crippen MR) is 69.7 cm³/mol. The van der Waals surface area contributed by atoms with Crippen LogP contribution in [0.25, 0.3) is 0 Å². The Balaban J connectivity index is 2.75. The molecule has 17 heavy (non-hydrogen) atoms. The Kier molecular flexibility index (Phi) is 5.05. The van der Waals surface area contributed by atoms with Gasteiger partial charge in [-0.15, -0.1) is 0 Å². The number of amides is 2. The highest BCUT2D eigenvalue weighted by molar-refractivity contribution is 5.89. The van der Waals surface area contributed by atoms with Crippen molar-refractivity contribution in [1.29, 1.82) is 0 Å². The summed E-state index contributed by atoms with van der Waals surface area (Å²) in [5.41, 5.74) is 6.88. The Hall–Kier alpha value is -1.99. The number of urea groups is 1. The van der Waals surface area contributed by atoms with Gasteiger partial charge >= 0.3 is 6.03 Å². The monoisotopic (exact) mass is 231 g/mol. The van der Waals surface area contributed by atoms with Crippen LogP contribution in [-0.2, 0) is 0 Å². The van der Waals surface area contributed by atoms with E-state index in [9.17, 15) is 4.79 Å². The van der Waals surface area contributed by atoms with Gasteiger partial charge in [0.15, 0.2) is 0 Å². The maximum absolute atomic E-state index is 11.6. The van der Waals surface area contributed by atoms with Crippen LogP contribution in [0.1, 0.15) is 12.5 Å². The third-order valence-electron chi connectivity index (χ3n) is 2.27. The summed E-state index contributed by atoms with van der Waals surface area (Å²) < 4.78 is 0. The number of nitrogens with one attached hydrogen (secondary N) is 1. The molecule has 0 fully saturated rings. The number of nitrogens with two attached hydrogens (primary N) is 1. The van der Waals surface area contributed by atoms with Gasteiger partial charge in [-0.2, -0.15) is 0 Å². The molecule has 0 saturated carbocycles. The summed E-state index contributed by atoms with van der Waals surface area (Å²) in [6.07, 6.45) is 0. The van der Waals surface area contributed by atoms with Gasteiger partial charge in [0.05, 0.1) is 6.54 Å². The fourth-order valence-corrected chi connectivity index (χ4v) is 1.19. The fourth-order valence-electron chi connectivity index (χ4n) is 1.19. The lowest BCUT2D eigenvalue weighted by molar-refractivity contribution is 0.224. The van der Waals surface area contributed by atoms with Crippen LogP contribution in [0.15, 0.2) is 24.3 Å². The van der Waals surface area contributed by atoms with Crippen molar-refractivity contribution < 1.29 is 4.79 Å². The summed E-state index contributed by atoms with van der Waals surface area (Å²) in [4.78, 5) is 13.2. The number of benzene rings is 1. The summed E-state index contributed by atoms with van der Waals surface area (Å²) in [5.74, 6) is 5.69. The Labute approximate surface area is 102 Å². The zero-order valence-electron chi connectivity index (χ0n) is 10.2. The molecule has 0 bridgehead atoms. The molecule has 0 unspecified atom stereocenters. The average molecular weight is 231 g/mol. The van der Waals surface area contributed by atoms with Gasteiger partial charge in [0.1, 0.15) is 0 Å². The zero-order valence-corrected chi connectivity index (χ0v) is 10.2. The molecule has 1 aromatic rings. The zero-order chi connectivity index (χ0) is 12.7. The number of carbonyl (C=O) groups is 1. The highest BCUT2D eigenvalue weighted by Gasteiger charge is 2.05. The second kappa shape index (κ2) is 6.56. The largest absolute Gasteiger partial charge is 0.328 e. The topological polar surface area (TPSA) is 58.4 Å². The molecule has 0 atom stereocenters. The van der Waals surface area contributed by atoms with E-state index >= 15 is 0 Å². The Bertz CT molecular complexity index is 445. The van der Waals surface area contributed by atoms with Gasteiger partial charge in [0.25, 0.3) is 0 Å². The van der Waals surface area contributed by atoms with Crippen LogP contribution in [0.3, 0.4) is 0 Å². The number of carbonyl (C=O) groups excluding carboxylic acids is 1. The van der Waals surface area contributed by atoms with E-state index in [1.165, 1.54) is 0 Å². The molecule has 0 aromatic heterocycles. The smallest absolute Gasteiger partial charge is 0.321 e. The summed E-state index contributed by atoms with van der Waals surface area (Å²) >= 11 is 0. The predicted octanol–water partition coefficient (Wildman–Crippen LogP) is 1.48. The van der Waals surface area contributed by atoms with Gasteiger partial charge in [-0.25, -0.2) is 4.79 Å². The highest BCUT2D eigenvalue weighted by Crippen LogP contribution is 2.10. The standard InChI is InChI=1S/C13H17N3O/c1-3-16(2)13(17)15-12-8-4-6-11(10-12)7-5-9-14/h4,6,8,10H,3,9,14H2,1-2H3,(H,15,17). The molecule has 0 heterocycles. The summed E-state index contributed by atoms with van der Waals surface area (Å²) in [7, 11) is 1.74. The number of anilines is 1. The van der Waals surface area contributed by atoms with E-state index in [0.717, 1.165) is 11.3 Å². The van der Waals surface area contributed by atoms with E-state index in [2.05, 4.69) is 17.2 Å². The van der Waals surface area contributed by atoms with E-state index in [-0.39, 0.29) is 6.03 Å². The first-order valence-corrected chi connectivity index (χ1v) is 5.48. The molecule has 4 nitrogen and oxygen atoms in total. The number of hydrogen-bond donors (Lipinski definition) is 2. The van der Waals surface area contributed by atoms with Crippen molar-refractivity contribution in [3.63, 3.8) is 0 Å². The quantitative estimate of drug-likeness (QED) is 0.757. The summed E-state index contributed by atoms with van der Waals surface area (Å²) in [6, 6.07) is 7.25. The van der Waals surface area contributed by atoms with Gasteiger partial charge in [0.2, 0.25) is 0 Å². The normalized spacial score (nSPS) is 9.12. The van der Waals surface area contributed by atoms with Crippen molar-refractivity contribution >= 4 is 11.7 Å². The minimum Gasteiger partial charge on any atom is -0.328 e. The third kappa shape index (κ3) is 4.17. The Morgan fingerprint density at radius 2 is 2.29 bits per heavy atom. The number of hydrogen-bond acceptors (Lipinski definition) is 2. The summed E-state index contributed by atoms with van der Waals surface area (Å²) in [5, 5.41) is 2.80. The molecule has 4 heteroatoms. The molecule has 1 rings (SSSR count). The maximum atomic E-state index is 11.6. The molecular weight excluding hydrogens is 214 g/mol. The van der Waals surface area contributed by atoms with Crippen LogP contribution in [0.4, 0.5) is 10.5 Å². The molecule has 0 aliphatic heterocycles. The van der Waals surface area contributed by atoms with Crippen LogP contribution < -0.4 is 11.1 Å². The van der Waals surface area contributed by atoms with E-state index in [0.29, 0.717) is 13.1 Å². The van der Waals surface area contributed by atoms with Gasteiger partial charge in [-0.3, -0.25) is 0 Å². The van der Waals surface area contributed by atoms with Crippen LogP contribution in [0.2, 0.25) is 0 Å². The van der Waals surface area contributed by atoms with Gasteiger partial charge in [-0.05, 0) is 25.1 Å². The molecule has 90 valence electrons. The van der Waals surface area contributed by atoms with Gasteiger partial charge in [-0.1, -0.05) is 17.9 Å². The van der Waals surface area contributed by atoms with E-state index < -0.39 is 0 Å². The van der Waals surface area contributed by atoms with E-state index in [4.69, 9.17) is 5.73 Å². The molecule has 0 saturated heterocycles. The molecule has 2 amide bonds. The Morgan fingerprint density at radius 1 is 1.53 bits per heavy atom. The lowest BCUT2D eigenvalue weighted by Crippen LogP contribution is -2.30. The first kappa shape index (κ1) is 13.1. The number of rotatable bonds is 2. The Morgan fingerprint density at radius 3 is 2.94 bits per heavy atom. The first-order valence-electron chi connectivity index (χ1n) is 5.48. The minimum absolute atomic E-state index is 0.128. The SMILES string of the molecule is CCN(C)C(=O)Nc1cccc(C#CCN)c1. The first-order chi connectivity index (χ1) is 8.17. The van der Waals surface area contributed by atoms with Crippen molar-refractivity contribution in [2.24, 2.45) is 5.73 Å². The van der Waals surface area contributed by atoms with Crippen molar-refractivity contribution in [2.75, 3.05) is 25.5 Å². The van der Waals surface area contributed by atoms with Gasteiger partial charge < -0.3 is 16.0 Å². The molecule has 1 aromatic carbocycles. The van der Waals surface area contributed by atoms with Crippen LogP contribution >= 0.6 is 0 Å². The van der Waals surface area contributed by atoms with E-state index in [1.807, 2.05) is 31.2 Å². The van der Waals surface area contributed by atoms with E-state index in [1.54, 1.807) is 11.9 Å². The average Bonchev–Trinajstić information content (AvgIpc) is 2.35. The van der Waals surface area contributed by atoms with Crippen LogP contribution in [0.5, 0.6) is 0 Å². The second-order valence-electron chi connectivity index (χ2n) is 3.53. The fraction of sp³-hybridized carbons (Fsp3) is 0.308. The molecular formula is C13H17N3O. The van der Waals surface area contributed by atoms with Crippen LogP contribution in [-0.4, -0.2) is 31.1 Å². The molecule has 0 radical (unpaired) electrons. The lowest BCUT2D eigenvalue weighted by atomic mass is 10.2. The van der Waals surface area contributed by atoms with Crippen molar-refractivity contribution in [2.45, 2.75) is 6.92 Å². The van der Waals surface area contributed by atoms with Crippen molar-refractivity contribution in [1.82, 2.24) is 4.90 Å². The van der Waals surface area contributed by atoms with Crippen molar-refractivity contribution in [3.8, 4) is 11.8 Å². The minimum atomic E-state index is -0.128. The molecule has 0 spiro atoms. The van der Waals surface area contributed by atoms with Crippen molar-refractivity contribution in [3.05, 3.63) is 29.8 Å². The second-order valence-corrected chi connectivity index (χ2v) is 3.53. The molecule has 0 aliphatic carbocycles. The number of nitrogens with zero attached hydrogens (tertiary/aromatic N) is 1. The summed E-state index contributed by atoms with van der Waals surface area (Å²) in [6.45, 7) is 2.91. The molecule has 0 aliphatic rings. The van der Waals surface area contributed by atoms with Crippen LogP contribution in [0, 0.1) is 11.8 Å². The highest BCUT2D eigenvalue weighted by atomic mass is 16.2. The maximum Gasteiger partial charge on any atom is 0.321 e. The third-order valence-corrected chi connectivity index (χ3v) is 2.27. The molecule has 3 N–H and O–H groups in total.